The number of benzene rings is 1. The van der Waals surface area contributed by atoms with Crippen LogP contribution in [-0.2, 0) is 16.1 Å². The van der Waals surface area contributed by atoms with Crippen molar-refractivity contribution in [3.8, 4) is 5.75 Å². The van der Waals surface area contributed by atoms with Crippen molar-refractivity contribution in [3.05, 3.63) is 49.1 Å². The number of H-pyrrole nitrogens is 1. The Labute approximate surface area is 183 Å². The lowest BCUT2D eigenvalue weighted by Crippen LogP contribution is -2.44. The number of amides is 1. The SMILES string of the molecule is CCCCn1c(N)c(N(CCOC)C(=O)COc2ccc(Cl)cc2Cl)c(=O)[nH]c1=O. The molecule has 2 aromatic rings. The molecule has 0 saturated carbocycles. The van der Waals surface area contributed by atoms with Crippen molar-refractivity contribution in [1.29, 1.82) is 0 Å². The highest BCUT2D eigenvalue weighted by Gasteiger charge is 2.24. The molecule has 0 bridgehead atoms. The maximum absolute atomic E-state index is 12.9. The van der Waals surface area contributed by atoms with Crippen LogP contribution in [0.5, 0.6) is 5.75 Å². The number of carbonyl (C=O) groups is 1. The molecule has 0 spiro atoms. The van der Waals surface area contributed by atoms with Gasteiger partial charge in [-0.25, -0.2) is 4.79 Å². The topological polar surface area (TPSA) is 120 Å². The van der Waals surface area contributed by atoms with E-state index in [-0.39, 0.29) is 35.4 Å². The Bertz CT molecular complexity index is 1010. The number of aromatic amines is 1. The molecule has 9 nitrogen and oxygen atoms in total. The molecule has 0 unspecified atom stereocenters. The Hall–Kier alpha value is -2.49. The molecule has 1 heterocycles. The minimum absolute atomic E-state index is 0.0340. The fourth-order valence-electron chi connectivity index (χ4n) is 2.73. The molecule has 30 heavy (non-hydrogen) atoms. The van der Waals surface area contributed by atoms with Crippen LogP contribution in [0.1, 0.15) is 19.8 Å². The third-order valence-corrected chi connectivity index (χ3v) is 4.81. The van der Waals surface area contributed by atoms with Gasteiger partial charge in [0.15, 0.2) is 12.3 Å². The molecule has 0 radical (unpaired) electrons. The van der Waals surface area contributed by atoms with Gasteiger partial charge in [0.05, 0.1) is 11.6 Å². The van der Waals surface area contributed by atoms with E-state index in [1.807, 2.05) is 6.92 Å². The van der Waals surface area contributed by atoms with Gasteiger partial charge in [0, 0.05) is 25.2 Å². The van der Waals surface area contributed by atoms with E-state index in [9.17, 15) is 14.4 Å². The Balaban J connectivity index is 2.35. The van der Waals surface area contributed by atoms with E-state index < -0.39 is 23.8 Å². The standard InChI is InChI=1S/C19H24Cl2N4O5/c1-3-4-7-25-17(22)16(18(27)23-19(25)28)24(8-9-29-2)15(26)11-30-14-6-5-12(20)10-13(14)21/h5-6,10H,3-4,7-9,11,22H2,1-2H3,(H,23,27,28). The number of nitrogens with one attached hydrogen (secondary N) is 1. The number of anilines is 2. The Morgan fingerprint density at radius 2 is 2.03 bits per heavy atom. The van der Waals surface area contributed by atoms with Crippen LogP contribution in [0, 0.1) is 0 Å². The van der Waals surface area contributed by atoms with Crippen molar-refractivity contribution in [2.75, 3.05) is 37.5 Å². The minimum Gasteiger partial charge on any atom is -0.482 e. The van der Waals surface area contributed by atoms with Gasteiger partial charge in [-0.1, -0.05) is 36.5 Å². The highest BCUT2D eigenvalue weighted by atomic mass is 35.5. The van der Waals surface area contributed by atoms with E-state index in [4.69, 9.17) is 38.4 Å². The second-order valence-electron chi connectivity index (χ2n) is 6.40. The summed E-state index contributed by atoms with van der Waals surface area (Å²) in [7, 11) is 1.46. The fourth-order valence-corrected chi connectivity index (χ4v) is 3.19. The monoisotopic (exact) mass is 458 g/mol. The van der Waals surface area contributed by atoms with Crippen LogP contribution in [-0.4, -0.2) is 42.3 Å². The van der Waals surface area contributed by atoms with Crippen molar-refractivity contribution in [3.63, 3.8) is 0 Å². The molecule has 1 aromatic heterocycles. The van der Waals surface area contributed by atoms with E-state index in [2.05, 4.69) is 4.98 Å². The van der Waals surface area contributed by atoms with Gasteiger partial charge < -0.3 is 15.2 Å². The van der Waals surface area contributed by atoms with Crippen LogP contribution in [0.3, 0.4) is 0 Å². The first-order valence-corrected chi connectivity index (χ1v) is 10.1. The predicted octanol–water partition coefficient (Wildman–Crippen LogP) is 2.28. The number of hydrogen-bond acceptors (Lipinski definition) is 6. The lowest BCUT2D eigenvalue weighted by atomic mass is 10.3. The fraction of sp³-hybridized carbons (Fsp3) is 0.421. The zero-order chi connectivity index (χ0) is 22.3. The number of nitrogens with two attached hydrogens (primary N) is 1. The van der Waals surface area contributed by atoms with Crippen molar-refractivity contribution < 1.29 is 14.3 Å². The highest BCUT2D eigenvalue weighted by molar-refractivity contribution is 6.35. The predicted molar refractivity (Wildman–Crippen MR) is 117 cm³/mol. The van der Waals surface area contributed by atoms with E-state index >= 15 is 0 Å². The van der Waals surface area contributed by atoms with Crippen LogP contribution >= 0.6 is 23.2 Å². The smallest absolute Gasteiger partial charge is 0.330 e. The molecule has 0 atom stereocenters. The molecular formula is C19H24Cl2N4O5. The number of unbranched alkanes of at least 4 members (excludes halogenated alkanes) is 1. The normalized spacial score (nSPS) is 10.8. The van der Waals surface area contributed by atoms with E-state index in [0.29, 0.717) is 18.0 Å². The Kier molecular flexibility index (Phi) is 8.76. The van der Waals surface area contributed by atoms with Gasteiger partial charge in [0.2, 0.25) is 0 Å². The first-order valence-electron chi connectivity index (χ1n) is 9.29. The molecular weight excluding hydrogens is 435 g/mol. The van der Waals surface area contributed by atoms with E-state index in [1.165, 1.54) is 23.8 Å². The van der Waals surface area contributed by atoms with Crippen molar-refractivity contribution in [2.45, 2.75) is 26.3 Å². The molecule has 1 amide bonds. The number of methoxy groups -OCH3 is 1. The summed E-state index contributed by atoms with van der Waals surface area (Å²) in [5.41, 5.74) is 4.60. The lowest BCUT2D eigenvalue weighted by Gasteiger charge is -2.24. The quantitative estimate of drug-likeness (QED) is 0.563. The third kappa shape index (κ3) is 5.78. The first-order chi connectivity index (χ1) is 14.3. The number of ether oxygens (including phenoxy) is 2. The van der Waals surface area contributed by atoms with Crippen LogP contribution < -0.4 is 26.6 Å². The van der Waals surface area contributed by atoms with Gasteiger partial charge in [-0.05, 0) is 24.6 Å². The van der Waals surface area contributed by atoms with Gasteiger partial charge in [-0.3, -0.25) is 24.0 Å². The summed E-state index contributed by atoms with van der Waals surface area (Å²) < 4.78 is 11.8. The molecule has 0 aliphatic carbocycles. The van der Waals surface area contributed by atoms with Crippen molar-refractivity contribution in [2.24, 2.45) is 0 Å². The number of hydrogen-bond donors (Lipinski definition) is 2. The molecule has 0 aliphatic heterocycles. The first kappa shape index (κ1) is 23.8. The Morgan fingerprint density at radius 1 is 1.30 bits per heavy atom. The lowest BCUT2D eigenvalue weighted by molar-refractivity contribution is -0.120. The molecule has 1 aromatic carbocycles. The number of nitrogens with zero attached hydrogens (tertiary/aromatic N) is 2. The van der Waals surface area contributed by atoms with Crippen LogP contribution in [0.15, 0.2) is 27.8 Å². The summed E-state index contributed by atoms with van der Waals surface area (Å²) in [4.78, 5) is 40.9. The number of aromatic nitrogens is 2. The molecule has 0 aliphatic rings. The van der Waals surface area contributed by atoms with Crippen LogP contribution in [0.4, 0.5) is 11.5 Å². The summed E-state index contributed by atoms with van der Waals surface area (Å²) >= 11 is 11.9. The summed E-state index contributed by atoms with van der Waals surface area (Å²) in [6.07, 6.45) is 1.50. The molecule has 0 saturated heterocycles. The van der Waals surface area contributed by atoms with E-state index in [1.54, 1.807) is 6.07 Å². The number of carbonyl (C=O) groups excluding carboxylic acids is 1. The number of nitrogen functional groups attached to an aromatic ring is 1. The van der Waals surface area contributed by atoms with Gasteiger partial charge in [0.25, 0.3) is 11.5 Å². The third-order valence-electron chi connectivity index (χ3n) is 4.28. The zero-order valence-electron chi connectivity index (χ0n) is 16.7. The largest absolute Gasteiger partial charge is 0.482 e. The molecule has 3 N–H and O–H groups in total. The van der Waals surface area contributed by atoms with Crippen molar-refractivity contribution >= 4 is 40.6 Å². The zero-order valence-corrected chi connectivity index (χ0v) is 18.3. The summed E-state index contributed by atoms with van der Waals surface area (Å²) in [5, 5.41) is 0.665. The van der Waals surface area contributed by atoms with Crippen molar-refractivity contribution in [1.82, 2.24) is 9.55 Å². The molecule has 164 valence electrons. The number of halogens is 2. The van der Waals surface area contributed by atoms with Gasteiger partial charge >= 0.3 is 5.69 Å². The van der Waals surface area contributed by atoms with Crippen LogP contribution in [0.2, 0.25) is 10.0 Å². The van der Waals surface area contributed by atoms with Crippen LogP contribution in [0.25, 0.3) is 0 Å². The second-order valence-corrected chi connectivity index (χ2v) is 7.24. The van der Waals surface area contributed by atoms with Gasteiger partial charge in [-0.2, -0.15) is 0 Å². The maximum atomic E-state index is 12.9. The van der Waals surface area contributed by atoms with Gasteiger partial charge in [0.1, 0.15) is 11.6 Å². The summed E-state index contributed by atoms with van der Waals surface area (Å²) in [5.74, 6) is -0.391. The Morgan fingerprint density at radius 3 is 2.67 bits per heavy atom. The van der Waals surface area contributed by atoms with E-state index in [0.717, 1.165) is 11.3 Å². The number of rotatable bonds is 10. The minimum atomic E-state index is -0.765. The average Bonchev–Trinajstić information content (AvgIpc) is 2.69. The molecule has 11 heteroatoms. The summed E-state index contributed by atoms with van der Waals surface area (Å²) in [6.45, 7) is 2.03. The maximum Gasteiger partial charge on any atom is 0.330 e. The molecule has 2 rings (SSSR count). The average molecular weight is 459 g/mol. The van der Waals surface area contributed by atoms with Gasteiger partial charge in [-0.15, -0.1) is 0 Å². The highest BCUT2D eigenvalue weighted by Crippen LogP contribution is 2.27. The molecule has 0 fully saturated rings. The summed E-state index contributed by atoms with van der Waals surface area (Å²) in [6, 6.07) is 4.59. The second kappa shape index (κ2) is 11.1.